The van der Waals surface area contributed by atoms with Crippen molar-refractivity contribution in [2.24, 2.45) is 5.92 Å². The van der Waals surface area contributed by atoms with Crippen LogP contribution < -0.4 is 4.74 Å². The van der Waals surface area contributed by atoms with Crippen LogP contribution in [0, 0.1) is 12.1 Å². The molecule has 7 rings (SSSR count). The average Bonchev–Trinajstić information content (AvgIpc) is 3.22. The Kier molecular flexibility index (Phi) is 4.94. The molecule has 2 fully saturated rings. The Labute approximate surface area is 203 Å². The molecule has 7 nitrogen and oxygen atoms in total. The van der Waals surface area contributed by atoms with Crippen molar-refractivity contribution in [2.45, 2.75) is 25.3 Å². The van der Waals surface area contributed by atoms with Crippen LogP contribution in [-0.4, -0.2) is 49.3 Å². The van der Waals surface area contributed by atoms with Crippen LogP contribution in [0.15, 0.2) is 67.0 Å². The van der Waals surface area contributed by atoms with Crippen LogP contribution in [-0.2, 0) is 0 Å². The largest absolute Gasteiger partial charge is 0.439 e. The maximum absolute atomic E-state index is 5.95. The number of pyridine rings is 1. The molecule has 3 aromatic heterocycles. The number of hydrogen-bond donors (Lipinski definition) is 0. The summed E-state index contributed by atoms with van der Waals surface area (Å²) in [5.74, 6) is 2.08. The van der Waals surface area contributed by atoms with Crippen molar-refractivity contribution < 1.29 is 4.74 Å². The van der Waals surface area contributed by atoms with E-state index in [0.29, 0.717) is 11.9 Å². The average molecular weight is 462 g/mol. The number of likely N-dealkylation sites (tertiary alicyclic amines) is 1. The van der Waals surface area contributed by atoms with Gasteiger partial charge in [-0.25, -0.2) is 19.6 Å². The van der Waals surface area contributed by atoms with Crippen molar-refractivity contribution in [3.63, 3.8) is 0 Å². The van der Waals surface area contributed by atoms with E-state index >= 15 is 0 Å². The van der Waals surface area contributed by atoms with Gasteiger partial charge in [0, 0.05) is 23.6 Å². The van der Waals surface area contributed by atoms with E-state index in [2.05, 4.69) is 43.9 Å². The van der Waals surface area contributed by atoms with E-state index in [4.69, 9.17) is 14.8 Å². The van der Waals surface area contributed by atoms with Crippen molar-refractivity contribution >= 4 is 21.9 Å². The molecule has 0 unspecified atom stereocenters. The van der Waals surface area contributed by atoms with E-state index < -0.39 is 0 Å². The molecule has 0 amide bonds. The normalized spacial score (nSPS) is 20.0. The van der Waals surface area contributed by atoms with Crippen LogP contribution in [0.1, 0.15) is 25.3 Å². The lowest BCUT2D eigenvalue weighted by Crippen LogP contribution is -2.44. The second-order valence-electron chi connectivity index (χ2n) is 9.59. The minimum absolute atomic E-state index is 0.380. The maximum atomic E-state index is 5.95. The molecule has 0 bridgehead atoms. The molecule has 0 spiro atoms. The predicted molar refractivity (Wildman–Crippen MR) is 134 cm³/mol. The highest BCUT2D eigenvalue weighted by atomic mass is 16.5. The van der Waals surface area contributed by atoms with Gasteiger partial charge >= 0.3 is 0 Å². The van der Waals surface area contributed by atoms with E-state index in [1.165, 1.54) is 26.1 Å². The molecule has 2 aliphatic rings. The first-order chi connectivity index (χ1) is 17.3. The van der Waals surface area contributed by atoms with Crippen LogP contribution in [0.3, 0.4) is 0 Å². The fraction of sp³-hybridized carbons (Fsp3) is 0.286. The summed E-state index contributed by atoms with van der Waals surface area (Å²) in [6.07, 6.45) is 8.35. The number of nitrogens with zero attached hydrogens (tertiary/aromatic N) is 6. The molecule has 5 aromatic rings. The van der Waals surface area contributed by atoms with Gasteiger partial charge in [0.15, 0.2) is 5.65 Å². The van der Waals surface area contributed by atoms with Crippen molar-refractivity contribution in [3.05, 3.63) is 73.2 Å². The third-order valence-electron chi connectivity index (χ3n) is 7.23. The topological polar surface area (TPSA) is 69.0 Å². The molecule has 1 radical (unpaired) electrons. The molecule has 1 saturated heterocycles. The van der Waals surface area contributed by atoms with Gasteiger partial charge in [-0.3, -0.25) is 0 Å². The van der Waals surface area contributed by atoms with Crippen molar-refractivity contribution in [1.82, 2.24) is 29.6 Å². The lowest BCUT2D eigenvalue weighted by molar-refractivity contribution is 0.0880. The summed E-state index contributed by atoms with van der Waals surface area (Å²) in [7, 11) is 0. The second kappa shape index (κ2) is 8.43. The zero-order valence-electron chi connectivity index (χ0n) is 19.3. The first-order valence-electron chi connectivity index (χ1n) is 12.3. The number of ether oxygens (including phenoxy) is 1. The lowest BCUT2D eigenvalue weighted by Gasteiger charge is -2.41. The van der Waals surface area contributed by atoms with Gasteiger partial charge in [-0.1, -0.05) is 30.3 Å². The molecule has 0 N–H and O–H groups in total. The Bertz CT molecular complexity index is 1500. The fourth-order valence-corrected chi connectivity index (χ4v) is 5.18. The highest BCUT2D eigenvalue weighted by Crippen LogP contribution is 2.41. The maximum Gasteiger partial charge on any atom is 0.219 e. The monoisotopic (exact) mass is 461 g/mol. The van der Waals surface area contributed by atoms with E-state index in [1.807, 2.05) is 42.5 Å². The smallest absolute Gasteiger partial charge is 0.219 e. The first kappa shape index (κ1) is 20.5. The summed E-state index contributed by atoms with van der Waals surface area (Å²) >= 11 is 0. The lowest BCUT2D eigenvalue weighted by atomic mass is 9.79. The Morgan fingerprint density at radius 2 is 1.86 bits per heavy atom. The molecule has 1 aliphatic heterocycles. The van der Waals surface area contributed by atoms with Crippen LogP contribution in [0.2, 0.25) is 0 Å². The molecule has 35 heavy (non-hydrogen) atoms. The van der Waals surface area contributed by atoms with E-state index in [0.717, 1.165) is 57.7 Å². The third kappa shape index (κ3) is 3.82. The standard InChI is InChI=1S/C28H25N6O/c1-2-5-23(6-3-1)35-26-10-9-20-7-8-21(15-25(20)31-26)27-24-16-29-18-30-28(24)34(32-27)22-13-19(14-22)17-33-11-4-12-33/h1-3,5-10,15,18-19,22H,4,11-14,17H2. The summed E-state index contributed by atoms with van der Waals surface area (Å²) < 4.78 is 8.05. The number of fused-ring (bicyclic) bond motifs is 2. The predicted octanol–water partition coefficient (Wildman–Crippen LogP) is 5.29. The zero-order chi connectivity index (χ0) is 23.2. The van der Waals surface area contributed by atoms with Gasteiger partial charge in [0.05, 0.1) is 16.9 Å². The van der Waals surface area contributed by atoms with Crippen molar-refractivity contribution in [3.8, 4) is 22.9 Å². The van der Waals surface area contributed by atoms with Gasteiger partial charge in [-0.05, 0) is 62.5 Å². The minimum atomic E-state index is 0.380. The highest BCUT2D eigenvalue weighted by Gasteiger charge is 2.35. The van der Waals surface area contributed by atoms with Gasteiger partial charge in [0.25, 0.3) is 0 Å². The number of para-hydroxylation sites is 1. The third-order valence-corrected chi connectivity index (χ3v) is 7.23. The van der Waals surface area contributed by atoms with E-state index in [9.17, 15) is 0 Å². The van der Waals surface area contributed by atoms with Crippen LogP contribution >= 0.6 is 0 Å². The van der Waals surface area contributed by atoms with Gasteiger partial charge < -0.3 is 9.64 Å². The first-order valence-corrected chi connectivity index (χ1v) is 12.3. The second-order valence-corrected chi connectivity index (χ2v) is 9.59. The number of rotatable bonds is 6. The SMILES string of the molecule is [c]1ncnc2c1c(-c1ccc3ccc(Oc4ccccc4)nc3c1)nn2C1CC(CN2CCC2)C1. The molecule has 4 heterocycles. The molecule has 1 saturated carbocycles. The molecule has 1 aliphatic carbocycles. The van der Waals surface area contributed by atoms with Crippen LogP contribution in [0.5, 0.6) is 11.6 Å². The van der Waals surface area contributed by atoms with Crippen LogP contribution in [0.25, 0.3) is 33.2 Å². The van der Waals surface area contributed by atoms with E-state index in [-0.39, 0.29) is 0 Å². The van der Waals surface area contributed by atoms with Gasteiger partial charge in [-0.15, -0.1) is 0 Å². The van der Waals surface area contributed by atoms with Gasteiger partial charge in [-0.2, -0.15) is 5.10 Å². The molecule has 173 valence electrons. The Balaban J connectivity index is 1.20. The Morgan fingerprint density at radius 3 is 2.69 bits per heavy atom. The molecule has 0 atom stereocenters. The minimum Gasteiger partial charge on any atom is -0.439 e. The molecule has 2 aromatic carbocycles. The Hall–Kier alpha value is -3.84. The van der Waals surface area contributed by atoms with E-state index in [1.54, 1.807) is 6.33 Å². The highest BCUT2D eigenvalue weighted by molar-refractivity contribution is 5.93. The molecular formula is C28H25N6O. The van der Waals surface area contributed by atoms with Gasteiger partial charge in [0.2, 0.25) is 5.88 Å². The number of hydrogen-bond acceptors (Lipinski definition) is 6. The quantitative estimate of drug-likeness (QED) is 0.342. The summed E-state index contributed by atoms with van der Waals surface area (Å²) in [4.78, 5) is 16.1. The fourth-order valence-electron chi connectivity index (χ4n) is 5.18. The molecule has 7 heteroatoms. The Morgan fingerprint density at radius 1 is 1.00 bits per heavy atom. The van der Waals surface area contributed by atoms with Crippen molar-refractivity contribution in [1.29, 1.82) is 0 Å². The van der Waals surface area contributed by atoms with Crippen LogP contribution in [0.4, 0.5) is 0 Å². The van der Waals surface area contributed by atoms with Crippen molar-refractivity contribution in [2.75, 3.05) is 19.6 Å². The number of benzene rings is 2. The molecular weight excluding hydrogens is 436 g/mol. The summed E-state index contributed by atoms with van der Waals surface area (Å²) in [6, 6.07) is 20.2. The summed E-state index contributed by atoms with van der Waals surface area (Å²) in [5, 5.41) is 6.94. The summed E-state index contributed by atoms with van der Waals surface area (Å²) in [6.45, 7) is 3.73. The zero-order valence-corrected chi connectivity index (χ0v) is 19.3. The summed E-state index contributed by atoms with van der Waals surface area (Å²) in [5.41, 5.74) is 3.54. The van der Waals surface area contributed by atoms with Gasteiger partial charge in [0.1, 0.15) is 24.0 Å². The number of aromatic nitrogens is 5.